The van der Waals surface area contributed by atoms with Gasteiger partial charge in [0.25, 0.3) is 5.91 Å². The molecule has 2 rings (SSSR count). The number of carbonyl (C=O) groups excluding carboxylic acids is 1. The average Bonchev–Trinajstić information content (AvgIpc) is 2.69. The van der Waals surface area contributed by atoms with Crippen molar-refractivity contribution in [3.63, 3.8) is 0 Å². The molecule has 112 valence electrons. The Labute approximate surface area is 127 Å². The maximum atomic E-state index is 12.2. The van der Waals surface area contributed by atoms with Crippen LogP contribution in [0.15, 0.2) is 35.4 Å². The van der Waals surface area contributed by atoms with Crippen LogP contribution in [0.1, 0.15) is 16.1 Å². The monoisotopic (exact) mass is 327 g/mol. The summed E-state index contributed by atoms with van der Waals surface area (Å²) in [7, 11) is -2.15. The van der Waals surface area contributed by atoms with Gasteiger partial charge in [-0.05, 0) is 30.7 Å². The number of sulfonamides is 1. The standard InChI is InChI=1S/C13H14ClN3O3S/c1-8-10(4-3-5-12(8)21(15,19)20)16-13(18)11-6-9(14)7-17(11)2/h3-7H,1-2H3,(H,16,18)(H2,15,19,20). The summed E-state index contributed by atoms with van der Waals surface area (Å²) in [4.78, 5) is 12.2. The van der Waals surface area contributed by atoms with Gasteiger partial charge in [0.15, 0.2) is 0 Å². The predicted molar refractivity (Wildman–Crippen MR) is 80.9 cm³/mol. The highest BCUT2D eigenvalue weighted by Crippen LogP contribution is 2.23. The number of hydrogen-bond donors (Lipinski definition) is 2. The molecule has 0 spiro atoms. The molecule has 0 atom stereocenters. The van der Waals surface area contributed by atoms with Gasteiger partial charge >= 0.3 is 0 Å². The minimum Gasteiger partial charge on any atom is -0.345 e. The van der Waals surface area contributed by atoms with Crippen LogP contribution in [0, 0.1) is 6.92 Å². The van der Waals surface area contributed by atoms with E-state index in [1.807, 2.05) is 0 Å². The Hall–Kier alpha value is -1.83. The van der Waals surface area contributed by atoms with Gasteiger partial charge < -0.3 is 9.88 Å². The number of hydrogen-bond acceptors (Lipinski definition) is 3. The third-order valence-electron chi connectivity index (χ3n) is 3.04. The molecular weight excluding hydrogens is 314 g/mol. The van der Waals surface area contributed by atoms with E-state index in [2.05, 4.69) is 5.32 Å². The molecule has 3 N–H and O–H groups in total. The van der Waals surface area contributed by atoms with Crippen molar-refractivity contribution in [3.8, 4) is 0 Å². The molecule has 6 nitrogen and oxygen atoms in total. The number of aryl methyl sites for hydroxylation is 1. The molecule has 1 aromatic heterocycles. The third-order valence-corrected chi connectivity index (χ3v) is 4.31. The first kappa shape index (κ1) is 15.6. The molecule has 2 aromatic rings. The van der Waals surface area contributed by atoms with Crippen molar-refractivity contribution in [2.24, 2.45) is 12.2 Å². The van der Waals surface area contributed by atoms with E-state index in [1.54, 1.807) is 30.8 Å². The molecule has 0 radical (unpaired) electrons. The molecule has 1 heterocycles. The molecule has 8 heteroatoms. The number of anilines is 1. The lowest BCUT2D eigenvalue weighted by Crippen LogP contribution is -2.18. The number of carbonyl (C=O) groups is 1. The highest BCUT2D eigenvalue weighted by Gasteiger charge is 2.17. The van der Waals surface area contributed by atoms with Crippen molar-refractivity contribution in [2.45, 2.75) is 11.8 Å². The lowest BCUT2D eigenvalue weighted by atomic mass is 10.2. The zero-order valence-electron chi connectivity index (χ0n) is 11.4. The number of amides is 1. The minimum atomic E-state index is -3.84. The third kappa shape index (κ3) is 3.26. The van der Waals surface area contributed by atoms with Crippen molar-refractivity contribution in [1.29, 1.82) is 0 Å². The van der Waals surface area contributed by atoms with Crippen LogP contribution in [0.25, 0.3) is 0 Å². The fourth-order valence-electron chi connectivity index (χ4n) is 1.99. The molecule has 0 aliphatic carbocycles. The molecule has 1 amide bonds. The topological polar surface area (TPSA) is 94.2 Å². The van der Waals surface area contributed by atoms with Crippen molar-refractivity contribution in [2.75, 3.05) is 5.32 Å². The summed E-state index contributed by atoms with van der Waals surface area (Å²) in [5.74, 6) is -0.390. The van der Waals surface area contributed by atoms with Crippen molar-refractivity contribution in [1.82, 2.24) is 4.57 Å². The van der Waals surface area contributed by atoms with Gasteiger partial charge in [0.2, 0.25) is 10.0 Å². The summed E-state index contributed by atoms with van der Waals surface area (Å²) in [5, 5.41) is 8.23. The Morgan fingerprint density at radius 2 is 2.05 bits per heavy atom. The Kier molecular flexibility index (Phi) is 4.08. The molecule has 1 aromatic carbocycles. The largest absolute Gasteiger partial charge is 0.345 e. The van der Waals surface area contributed by atoms with Gasteiger partial charge in [-0.15, -0.1) is 0 Å². The Morgan fingerprint density at radius 1 is 1.38 bits per heavy atom. The molecule has 0 saturated heterocycles. The molecule has 0 bridgehead atoms. The Balaban J connectivity index is 2.37. The number of nitrogens with two attached hydrogens (primary N) is 1. The Bertz CT molecular complexity index is 812. The van der Waals surface area contributed by atoms with Gasteiger partial charge in [-0.2, -0.15) is 0 Å². The van der Waals surface area contributed by atoms with E-state index in [0.29, 0.717) is 22.0 Å². The number of aromatic nitrogens is 1. The van der Waals surface area contributed by atoms with Gasteiger partial charge in [0, 0.05) is 18.9 Å². The van der Waals surface area contributed by atoms with Crippen LogP contribution < -0.4 is 10.5 Å². The molecule has 0 saturated carbocycles. The Morgan fingerprint density at radius 3 is 2.57 bits per heavy atom. The summed E-state index contributed by atoms with van der Waals surface area (Å²) >= 11 is 5.83. The second kappa shape index (κ2) is 5.51. The van der Waals surface area contributed by atoms with E-state index in [-0.39, 0.29) is 10.8 Å². The lowest BCUT2D eigenvalue weighted by Gasteiger charge is -2.11. The van der Waals surface area contributed by atoms with Crippen LogP contribution >= 0.6 is 11.6 Å². The normalized spacial score (nSPS) is 11.4. The van der Waals surface area contributed by atoms with Gasteiger partial charge in [-0.1, -0.05) is 17.7 Å². The summed E-state index contributed by atoms with van der Waals surface area (Å²) < 4.78 is 24.5. The van der Waals surface area contributed by atoms with Crippen LogP contribution in [0.2, 0.25) is 5.02 Å². The second-order valence-electron chi connectivity index (χ2n) is 4.58. The zero-order chi connectivity index (χ0) is 15.8. The van der Waals surface area contributed by atoms with Crippen LogP contribution in [0.4, 0.5) is 5.69 Å². The van der Waals surface area contributed by atoms with E-state index in [4.69, 9.17) is 16.7 Å². The maximum Gasteiger partial charge on any atom is 0.272 e. The van der Waals surface area contributed by atoms with Gasteiger partial charge in [-0.25, -0.2) is 13.6 Å². The first-order chi connectivity index (χ1) is 9.70. The first-order valence-electron chi connectivity index (χ1n) is 5.96. The van der Waals surface area contributed by atoms with Gasteiger partial charge in [0.1, 0.15) is 5.69 Å². The highest BCUT2D eigenvalue weighted by molar-refractivity contribution is 7.89. The van der Waals surface area contributed by atoms with Crippen LogP contribution in [-0.2, 0) is 17.1 Å². The van der Waals surface area contributed by atoms with E-state index < -0.39 is 10.0 Å². The minimum absolute atomic E-state index is 0.0230. The number of benzene rings is 1. The molecule has 0 fully saturated rings. The van der Waals surface area contributed by atoms with Crippen molar-refractivity contribution in [3.05, 3.63) is 46.7 Å². The van der Waals surface area contributed by atoms with Crippen LogP contribution in [-0.4, -0.2) is 18.9 Å². The highest BCUT2D eigenvalue weighted by atomic mass is 35.5. The van der Waals surface area contributed by atoms with E-state index >= 15 is 0 Å². The van der Waals surface area contributed by atoms with Gasteiger partial charge in [-0.3, -0.25) is 4.79 Å². The van der Waals surface area contributed by atoms with E-state index in [1.165, 1.54) is 18.2 Å². The molecular formula is C13H14ClN3O3S. The quantitative estimate of drug-likeness (QED) is 0.901. The predicted octanol–water partition coefficient (Wildman–Crippen LogP) is 1.89. The molecule has 0 aliphatic heterocycles. The SMILES string of the molecule is Cc1c(NC(=O)c2cc(Cl)cn2C)cccc1S(N)(=O)=O. The lowest BCUT2D eigenvalue weighted by molar-refractivity contribution is 0.101. The molecule has 0 aliphatic rings. The first-order valence-corrected chi connectivity index (χ1v) is 7.88. The molecule has 21 heavy (non-hydrogen) atoms. The number of rotatable bonds is 3. The van der Waals surface area contributed by atoms with E-state index in [0.717, 1.165) is 0 Å². The van der Waals surface area contributed by atoms with Crippen LogP contribution in [0.3, 0.4) is 0 Å². The summed E-state index contributed by atoms with van der Waals surface area (Å²) in [6, 6.07) is 6.03. The van der Waals surface area contributed by atoms with Gasteiger partial charge in [0.05, 0.1) is 9.92 Å². The maximum absolute atomic E-state index is 12.2. The second-order valence-corrected chi connectivity index (χ2v) is 6.55. The van der Waals surface area contributed by atoms with Crippen molar-refractivity contribution < 1.29 is 13.2 Å². The molecule has 0 unspecified atom stereocenters. The van der Waals surface area contributed by atoms with E-state index in [9.17, 15) is 13.2 Å². The zero-order valence-corrected chi connectivity index (χ0v) is 13.0. The van der Waals surface area contributed by atoms with Crippen molar-refractivity contribution >= 4 is 33.2 Å². The number of nitrogens with zero attached hydrogens (tertiary/aromatic N) is 1. The summed E-state index contributed by atoms with van der Waals surface area (Å²) in [6.45, 7) is 1.58. The summed E-state index contributed by atoms with van der Waals surface area (Å²) in [6.07, 6.45) is 1.60. The number of nitrogens with one attached hydrogen (secondary N) is 1. The summed E-state index contributed by atoms with van der Waals surface area (Å²) in [5.41, 5.74) is 1.12. The smallest absolute Gasteiger partial charge is 0.272 e. The number of primary sulfonamides is 1. The fourth-order valence-corrected chi connectivity index (χ4v) is 3.05. The average molecular weight is 328 g/mol. The fraction of sp³-hybridized carbons (Fsp3) is 0.154. The van der Waals surface area contributed by atoms with Crippen LogP contribution in [0.5, 0.6) is 0 Å². The number of halogens is 1.